The fourth-order valence-corrected chi connectivity index (χ4v) is 9.46. The first-order chi connectivity index (χ1) is 25.6. The number of benzene rings is 9. The van der Waals surface area contributed by atoms with Crippen molar-refractivity contribution in [3.8, 4) is 39.1 Å². The summed E-state index contributed by atoms with van der Waals surface area (Å²) in [6, 6.07) is 65.5. The van der Waals surface area contributed by atoms with Gasteiger partial charge >= 0.3 is 0 Å². The van der Waals surface area contributed by atoms with Gasteiger partial charge < -0.3 is 4.57 Å². The van der Waals surface area contributed by atoms with Crippen LogP contribution in [0.4, 0.5) is 0 Å². The van der Waals surface area contributed by atoms with E-state index in [-0.39, 0.29) is 5.41 Å². The fourth-order valence-electron chi connectivity index (χ4n) is 9.46. The predicted octanol–water partition coefficient (Wildman–Crippen LogP) is 13.9. The van der Waals surface area contributed by atoms with Crippen molar-refractivity contribution in [3.05, 3.63) is 187 Å². The van der Waals surface area contributed by atoms with E-state index in [4.69, 9.17) is 0 Å². The highest BCUT2D eigenvalue weighted by Crippen LogP contribution is 2.54. The van der Waals surface area contributed by atoms with E-state index in [1.54, 1.807) is 0 Å². The zero-order valence-corrected chi connectivity index (χ0v) is 29.2. The molecule has 1 aromatic heterocycles. The molecule has 0 atom stereocenters. The van der Waals surface area contributed by atoms with E-state index in [0.717, 1.165) is 0 Å². The number of rotatable bonds is 3. The standard InChI is InChI=1S/C51H35N/c1-51(2)44-25-10-7-22-41(44)49-42(24-14-26-45(49)51)48-38-20-5-6-21-39(38)50(52-46-27-11-8-18-36(46)37-19-9-12-28-47(37)52)40-30-29-33(31-43(40)48)35-23-13-16-32-15-3-4-17-34(32)35/h3-31H,1-2H3. The van der Waals surface area contributed by atoms with Crippen LogP contribution in [0.2, 0.25) is 0 Å². The Hall–Kier alpha value is -6.44. The van der Waals surface area contributed by atoms with Gasteiger partial charge in [0.1, 0.15) is 0 Å². The van der Waals surface area contributed by atoms with Crippen LogP contribution in [0.1, 0.15) is 25.0 Å². The summed E-state index contributed by atoms with van der Waals surface area (Å²) in [7, 11) is 0. The van der Waals surface area contributed by atoms with Crippen molar-refractivity contribution in [2.24, 2.45) is 0 Å². The van der Waals surface area contributed by atoms with Crippen LogP contribution in [0.15, 0.2) is 176 Å². The van der Waals surface area contributed by atoms with E-state index in [9.17, 15) is 0 Å². The number of para-hydroxylation sites is 2. The van der Waals surface area contributed by atoms with Crippen LogP contribution in [0.5, 0.6) is 0 Å². The maximum Gasteiger partial charge on any atom is 0.0619 e. The first-order valence-corrected chi connectivity index (χ1v) is 18.3. The average Bonchev–Trinajstić information content (AvgIpc) is 3.65. The molecule has 244 valence electrons. The molecular formula is C51H35N. The zero-order valence-electron chi connectivity index (χ0n) is 29.2. The van der Waals surface area contributed by atoms with E-state index in [1.165, 1.54) is 104 Å². The number of hydrogen-bond acceptors (Lipinski definition) is 0. The van der Waals surface area contributed by atoms with E-state index >= 15 is 0 Å². The van der Waals surface area contributed by atoms with Crippen LogP contribution in [-0.2, 0) is 5.41 Å². The second-order valence-electron chi connectivity index (χ2n) is 14.8. The van der Waals surface area contributed by atoms with Gasteiger partial charge in [-0.05, 0) is 84.3 Å². The highest BCUT2D eigenvalue weighted by Gasteiger charge is 2.37. The minimum atomic E-state index is -0.0927. The molecule has 0 radical (unpaired) electrons. The molecule has 0 saturated carbocycles. The van der Waals surface area contributed by atoms with Crippen molar-refractivity contribution in [2.45, 2.75) is 19.3 Å². The molecule has 1 heteroatoms. The Bertz CT molecular complexity index is 3040. The second-order valence-corrected chi connectivity index (χ2v) is 14.8. The highest BCUT2D eigenvalue weighted by molar-refractivity contribution is 6.23. The average molecular weight is 662 g/mol. The number of aromatic nitrogens is 1. The maximum absolute atomic E-state index is 2.52. The molecule has 9 aromatic carbocycles. The van der Waals surface area contributed by atoms with E-state index < -0.39 is 0 Å². The molecule has 11 rings (SSSR count). The van der Waals surface area contributed by atoms with Crippen LogP contribution in [0.25, 0.3) is 93.2 Å². The molecule has 0 bridgehead atoms. The number of fused-ring (bicyclic) bond motifs is 9. The van der Waals surface area contributed by atoms with Gasteiger partial charge in [-0.3, -0.25) is 0 Å². The zero-order chi connectivity index (χ0) is 34.6. The molecule has 1 nitrogen and oxygen atoms in total. The SMILES string of the molecule is CC1(C)c2ccccc2-c2c(-c3c4ccccc4c(-n4c5ccccc5c5ccccc54)c4ccc(-c5cccc6ccccc56)cc34)cccc21. The molecule has 0 unspecified atom stereocenters. The smallest absolute Gasteiger partial charge is 0.0619 e. The van der Waals surface area contributed by atoms with Gasteiger partial charge in [0.15, 0.2) is 0 Å². The van der Waals surface area contributed by atoms with Gasteiger partial charge in [0.2, 0.25) is 0 Å². The minimum absolute atomic E-state index is 0.0927. The molecule has 0 aliphatic heterocycles. The normalized spacial score (nSPS) is 13.3. The Morgan fingerprint density at radius 3 is 1.69 bits per heavy atom. The number of hydrogen-bond donors (Lipinski definition) is 0. The molecule has 0 saturated heterocycles. The monoisotopic (exact) mass is 661 g/mol. The van der Waals surface area contributed by atoms with Gasteiger partial charge in [0, 0.05) is 27.0 Å². The lowest BCUT2D eigenvalue weighted by Crippen LogP contribution is -2.14. The Morgan fingerprint density at radius 1 is 0.365 bits per heavy atom. The lowest BCUT2D eigenvalue weighted by Gasteiger charge is -2.23. The van der Waals surface area contributed by atoms with Crippen molar-refractivity contribution in [1.29, 1.82) is 0 Å². The van der Waals surface area contributed by atoms with E-state index in [2.05, 4.69) is 194 Å². The van der Waals surface area contributed by atoms with Gasteiger partial charge in [0.25, 0.3) is 0 Å². The summed E-state index contributed by atoms with van der Waals surface area (Å²) in [5.41, 5.74) is 14.1. The molecular weight excluding hydrogens is 627 g/mol. The van der Waals surface area contributed by atoms with Crippen LogP contribution < -0.4 is 0 Å². The Labute approximate surface area is 303 Å². The Balaban J connectivity index is 1.34. The summed E-state index contributed by atoms with van der Waals surface area (Å²) in [4.78, 5) is 0. The summed E-state index contributed by atoms with van der Waals surface area (Å²) in [6.45, 7) is 4.75. The molecule has 1 aliphatic rings. The van der Waals surface area contributed by atoms with Crippen LogP contribution in [0.3, 0.4) is 0 Å². The molecule has 0 spiro atoms. The second kappa shape index (κ2) is 10.8. The molecule has 0 fully saturated rings. The van der Waals surface area contributed by atoms with Crippen LogP contribution >= 0.6 is 0 Å². The molecule has 52 heavy (non-hydrogen) atoms. The van der Waals surface area contributed by atoms with E-state index in [0.29, 0.717) is 0 Å². The quantitative estimate of drug-likeness (QED) is 0.166. The van der Waals surface area contributed by atoms with Gasteiger partial charge in [0.05, 0.1) is 16.7 Å². The van der Waals surface area contributed by atoms with Gasteiger partial charge in [-0.2, -0.15) is 0 Å². The van der Waals surface area contributed by atoms with Gasteiger partial charge in [-0.15, -0.1) is 0 Å². The molecule has 10 aromatic rings. The minimum Gasteiger partial charge on any atom is -0.308 e. The third kappa shape index (κ3) is 3.94. The van der Waals surface area contributed by atoms with Crippen molar-refractivity contribution in [3.63, 3.8) is 0 Å². The third-order valence-electron chi connectivity index (χ3n) is 11.8. The summed E-state index contributed by atoms with van der Waals surface area (Å²) in [6.07, 6.45) is 0. The highest BCUT2D eigenvalue weighted by atomic mass is 15.0. The van der Waals surface area contributed by atoms with Crippen molar-refractivity contribution in [1.82, 2.24) is 4.57 Å². The topological polar surface area (TPSA) is 4.93 Å². The Kier molecular flexibility index (Phi) is 6.08. The lowest BCUT2D eigenvalue weighted by atomic mass is 9.81. The molecule has 1 aliphatic carbocycles. The lowest BCUT2D eigenvalue weighted by molar-refractivity contribution is 0.660. The van der Waals surface area contributed by atoms with Gasteiger partial charge in [-0.1, -0.05) is 172 Å². The summed E-state index contributed by atoms with van der Waals surface area (Å²) < 4.78 is 2.52. The first kappa shape index (κ1) is 29.3. The first-order valence-electron chi connectivity index (χ1n) is 18.3. The van der Waals surface area contributed by atoms with Crippen molar-refractivity contribution in [2.75, 3.05) is 0 Å². The van der Waals surface area contributed by atoms with Crippen molar-refractivity contribution < 1.29 is 0 Å². The molecule has 1 heterocycles. The van der Waals surface area contributed by atoms with Crippen molar-refractivity contribution >= 4 is 54.1 Å². The number of nitrogens with zero attached hydrogens (tertiary/aromatic N) is 1. The Morgan fingerprint density at radius 2 is 0.904 bits per heavy atom. The fraction of sp³-hybridized carbons (Fsp3) is 0.0588. The molecule has 0 N–H and O–H groups in total. The van der Waals surface area contributed by atoms with Crippen LogP contribution in [-0.4, -0.2) is 4.57 Å². The third-order valence-corrected chi connectivity index (χ3v) is 11.8. The largest absolute Gasteiger partial charge is 0.308 e. The van der Waals surface area contributed by atoms with E-state index in [1.807, 2.05) is 0 Å². The summed E-state index contributed by atoms with van der Waals surface area (Å²) in [5.74, 6) is 0. The maximum atomic E-state index is 2.52. The summed E-state index contributed by atoms with van der Waals surface area (Å²) >= 11 is 0. The predicted molar refractivity (Wildman–Crippen MR) is 222 cm³/mol. The van der Waals surface area contributed by atoms with Gasteiger partial charge in [-0.25, -0.2) is 0 Å². The molecule has 0 amide bonds. The van der Waals surface area contributed by atoms with Crippen LogP contribution in [0, 0.1) is 0 Å². The summed E-state index contributed by atoms with van der Waals surface area (Å²) in [5, 5.41) is 10.1.